The Morgan fingerprint density at radius 2 is 1.90 bits per heavy atom. The number of methoxy groups -OCH3 is 1. The van der Waals surface area contributed by atoms with Crippen LogP contribution in [0.4, 0.5) is 11.4 Å². The smallest absolute Gasteiger partial charge is 0.231 e. The van der Waals surface area contributed by atoms with Gasteiger partial charge in [0.15, 0.2) is 0 Å². The maximum Gasteiger partial charge on any atom is 0.231 e. The maximum absolute atomic E-state index is 12.2. The summed E-state index contributed by atoms with van der Waals surface area (Å²) in [5.41, 5.74) is 7.94. The number of nitrogens with two attached hydrogens (primary N) is 1. The normalized spacial score (nSPS) is 11.7. The van der Waals surface area contributed by atoms with Gasteiger partial charge in [-0.25, -0.2) is 0 Å². The van der Waals surface area contributed by atoms with Crippen LogP contribution in [0, 0.1) is 0 Å². The Hall–Kier alpha value is -2.49. The van der Waals surface area contributed by atoms with Gasteiger partial charge in [-0.15, -0.1) is 0 Å². The van der Waals surface area contributed by atoms with Crippen LogP contribution < -0.4 is 15.8 Å². The van der Waals surface area contributed by atoms with E-state index in [4.69, 9.17) is 10.5 Å². The second-order valence-corrected chi connectivity index (χ2v) is 4.58. The molecule has 3 N–H and O–H groups in total. The van der Waals surface area contributed by atoms with E-state index in [1.165, 1.54) is 0 Å². The molecule has 104 valence electrons. The number of hydrogen-bond acceptors (Lipinski definition) is 3. The standard InChI is InChI=1S/C16H18N2O2/c1-11(12-6-4-3-5-7-12)16(19)18-13-8-9-14(17)15(10-13)20-2/h3-11H,17H2,1-2H3,(H,18,19). The van der Waals surface area contributed by atoms with Crippen molar-refractivity contribution in [3.05, 3.63) is 54.1 Å². The van der Waals surface area contributed by atoms with Gasteiger partial charge in [0.25, 0.3) is 0 Å². The summed E-state index contributed by atoms with van der Waals surface area (Å²) in [6.07, 6.45) is 0. The van der Waals surface area contributed by atoms with Crippen molar-refractivity contribution in [2.45, 2.75) is 12.8 Å². The van der Waals surface area contributed by atoms with Gasteiger partial charge in [0.1, 0.15) is 5.75 Å². The average Bonchev–Trinajstić information content (AvgIpc) is 2.49. The summed E-state index contributed by atoms with van der Waals surface area (Å²) in [7, 11) is 1.55. The molecule has 1 amide bonds. The molecule has 2 aromatic rings. The first-order valence-electron chi connectivity index (χ1n) is 6.41. The molecular weight excluding hydrogens is 252 g/mol. The summed E-state index contributed by atoms with van der Waals surface area (Å²) in [5, 5.41) is 2.87. The average molecular weight is 270 g/mol. The fourth-order valence-electron chi connectivity index (χ4n) is 1.93. The van der Waals surface area contributed by atoms with E-state index >= 15 is 0 Å². The zero-order chi connectivity index (χ0) is 14.5. The monoisotopic (exact) mass is 270 g/mol. The summed E-state index contributed by atoms with van der Waals surface area (Å²) in [6, 6.07) is 14.8. The molecule has 0 heterocycles. The number of nitrogen functional groups attached to an aromatic ring is 1. The van der Waals surface area contributed by atoms with Crippen molar-refractivity contribution in [3.8, 4) is 5.75 Å². The maximum atomic E-state index is 12.2. The Labute approximate surface area is 118 Å². The van der Waals surface area contributed by atoms with Gasteiger partial charge in [0, 0.05) is 11.8 Å². The second-order valence-electron chi connectivity index (χ2n) is 4.58. The van der Waals surface area contributed by atoms with Gasteiger partial charge < -0.3 is 15.8 Å². The summed E-state index contributed by atoms with van der Waals surface area (Å²) in [5.74, 6) is 0.262. The van der Waals surface area contributed by atoms with Crippen LogP contribution in [0.3, 0.4) is 0 Å². The van der Waals surface area contributed by atoms with E-state index in [0.717, 1.165) is 5.56 Å². The van der Waals surface area contributed by atoms with Crippen LogP contribution in [0.2, 0.25) is 0 Å². The SMILES string of the molecule is COc1cc(NC(=O)C(C)c2ccccc2)ccc1N. The predicted molar refractivity (Wildman–Crippen MR) is 80.9 cm³/mol. The molecule has 0 bridgehead atoms. The molecule has 0 aliphatic heterocycles. The minimum Gasteiger partial charge on any atom is -0.495 e. The van der Waals surface area contributed by atoms with Gasteiger partial charge in [-0.05, 0) is 24.6 Å². The van der Waals surface area contributed by atoms with Crippen molar-refractivity contribution in [2.24, 2.45) is 0 Å². The summed E-state index contributed by atoms with van der Waals surface area (Å²) >= 11 is 0. The van der Waals surface area contributed by atoms with Gasteiger partial charge >= 0.3 is 0 Å². The van der Waals surface area contributed by atoms with E-state index in [1.807, 2.05) is 37.3 Å². The van der Waals surface area contributed by atoms with Crippen LogP contribution in [0.25, 0.3) is 0 Å². The van der Waals surface area contributed by atoms with E-state index < -0.39 is 0 Å². The fourth-order valence-corrected chi connectivity index (χ4v) is 1.93. The number of benzene rings is 2. The third-order valence-corrected chi connectivity index (χ3v) is 3.19. The summed E-state index contributed by atoms with van der Waals surface area (Å²) in [4.78, 5) is 12.2. The summed E-state index contributed by atoms with van der Waals surface area (Å²) in [6.45, 7) is 1.87. The lowest BCUT2D eigenvalue weighted by Gasteiger charge is -2.13. The molecule has 0 radical (unpaired) electrons. The molecule has 4 heteroatoms. The highest BCUT2D eigenvalue weighted by molar-refractivity contribution is 5.96. The zero-order valence-corrected chi connectivity index (χ0v) is 11.6. The van der Waals surface area contributed by atoms with E-state index in [2.05, 4.69) is 5.32 Å². The molecule has 0 saturated carbocycles. The quantitative estimate of drug-likeness (QED) is 0.839. The van der Waals surface area contributed by atoms with Gasteiger partial charge in [-0.3, -0.25) is 4.79 Å². The van der Waals surface area contributed by atoms with Crippen molar-refractivity contribution in [3.63, 3.8) is 0 Å². The molecule has 20 heavy (non-hydrogen) atoms. The first kappa shape index (κ1) is 13.9. The lowest BCUT2D eigenvalue weighted by Crippen LogP contribution is -2.18. The zero-order valence-electron chi connectivity index (χ0n) is 11.6. The number of rotatable bonds is 4. The Bertz CT molecular complexity index is 597. The number of carbonyl (C=O) groups is 1. The molecule has 0 aromatic heterocycles. The highest BCUT2D eigenvalue weighted by Crippen LogP contribution is 2.26. The van der Waals surface area contributed by atoms with Crippen LogP contribution in [-0.2, 0) is 4.79 Å². The van der Waals surface area contributed by atoms with Crippen molar-refractivity contribution >= 4 is 17.3 Å². The second kappa shape index (κ2) is 6.10. The third kappa shape index (κ3) is 3.09. The highest BCUT2D eigenvalue weighted by atomic mass is 16.5. The molecule has 0 spiro atoms. The lowest BCUT2D eigenvalue weighted by molar-refractivity contribution is -0.117. The first-order chi connectivity index (χ1) is 9.61. The molecule has 0 aliphatic carbocycles. The number of anilines is 2. The van der Waals surface area contributed by atoms with E-state index in [9.17, 15) is 4.79 Å². The topological polar surface area (TPSA) is 64.3 Å². The lowest BCUT2D eigenvalue weighted by atomic mass is 10.0. The van der Waals surface area contributed by atoms with Crippen molar-refractivity contribution in [2.75, 3.05) is 18.2 Å². The van der Waals surface area contributed by atoms with Crippen molar-refractivity contribution < 1.29 is 9.53 Å². The third-order valence-electron chi connectivity index (χ3n) is 3.19. The van der Waals surface area contributed by atoms with Gasteiger partial charge in [0.05, 0.1) is 18.7 Å². The largest absolute Gasteiger partial charge is 0.495 e. The molecule has 1 atom stereocenters. The first-order valence-corrected chi connectivity index (χ1v) is 6.41. The number of carbonyl (C=O) groups excluding carboxylic acids is 1. The van der Waals surface area contributed by atoms with E-state index in [1.54, 1.807) is 25.3 Å². The number of nitrogens with one attached hydrogen (secondary N) is 1. The Balaban J connectivity index is 2.12. The van der Waals surface area contributed by atoms with Gasteiger partial charge in [-0.1, -0.05) is 30.3 Å². The molecule has 0 fully saturated rings. The highest BCUT2D eigenvalue weighted by Gasteiger charge is 2.15. The molecule has 0 saturated heterocycles. The van der Waals surface area contributed by atoms with Gasteiger partial charge in [0.2, 0.25) is 5.91 Å². The Kier molecular flexibility index (Phi) is 4.25. The Morgan fingerprint density at radius 3 is 2.55 bits per heavy atom. The van der Waals surface area contributed by atoms with Crippen LogP contribution >= 0.6 is 0 Å². The molecule has 0 aliphatic rings. The summed E-state index contributed by atoms with van der Waals surface area (Å²) < 4.78 is 5.14. The van der Waals surface area contributed by atoms with Crippen LogP contribution in [-0.4, -0.2) is 13.0 Å². The molecule has 1 unspecified atom stereocenters. The number of hydrogen-bond donors (Lipinski definition) is 2. The van der Waals surface area contributed by atoms with E-state index in [-0.39, 0.29) is 11.8 Å². The molecule has 2 rings (SSSR count). The van der Waals surface area contributed by atoms with Crippen LogP contribution in [0.15, 0.2) is 48.5 Å². The van der Waals surface area contributed by atoms with Crippen LogP contribution in [0.1, 0.15) is 18.4 Å². The Morgan fingerprint density at radius 1 is 1.20 bits per heavy atom. The number of amides is 1. The fraction of sp³-hybridized carbons (Fsp3) is 0.188. The molecule has 2 aromatic carbocycles. The molecule has 4 nitrogen and oxygen atoms in total. The van der Waals surface area contributed by atoms with Crippen LogP contribution in [0.5, 0.6) is 5.75 Å². The van der Waals surface area contributed by atoms with Crippen molar-refractivity contribution in [1.82, 2.24) is 0 Å². The minimum atomic E-state index is -0.222. The predicted octanol–water partition coefficient (Wildman–Crippen LogP) is 3.02. The molecular formula is C16H18N2O2. The van der Waals surface area contributed by atoms with E-state index in [0.29, 0.717) is 17.1 Å². The number of ether oxygens (including phenoxy) is 1. The van der Waals surface area contributed by atoms with Crippen molar-refractivity contribution in [1.29, 1.82) is 0 Å². The van der Waals surface area contributed by atoms with Gasteiger partial charge in [-0.2, -0.15) is 0 Å². The minimum absolute atomic E-state index is 0.0666.